The zero-order valence-corrected chi connectivity index (χ0v) is 14.0. The van der Waals surface area contributed by atoms with Crippen LogP contribution in [0.1, 0.15) is 17.2 Å². The zero-order chi connectivity index (χ0) is 17.5. The second kappa shape index (κ2) is 8.84. The van der Waals surface area contributed by atoms with Crippen LogP contribution in [0.5, 0.6) is 0 Å². The Morgan fingerprint density at radius 2 is 1.96 bits per heavy atom. The molecule has 2 aromatic rings. The molecule has 1 amide bonds. The van der Waals surface area contributed by atoms with Gasteiger partial charge in [-0.05, 0) is 11.6 Å². The molecule has 3 N–H and O–H groups in total. The van der Waals surface area contributed by atoms with E-state index in [4.69, 9.17) is 27.9 Å². The van der Waals surface area contributed by atoms with Crippen LogP contribution < -0.4 is 5.32 Å². The van der Waals surface area contributed by atoms with Crippen molar-refractivity contribution in [3.63, 3.8) is 0 Å². The van der Waals surface area contributed by atoms with Crippen molar-refractivity contribution in [2.45, 2.75) is 18.8 Å². The van der Waals surface area contributed by atoms with Crippen LogP contribution in [-0.4, -0.2) is 33.9 Å². The molecule has 2 rings (SSSR count). The summed E-state index contributed by atoms with van der Waals surface area (Å²) in [5, 5.41) is 22.7. The molecule has 0 aliphatic rings. The van der Waals surface area contributed by atoms with Crippen molar-refractivity contribution < 1.29 is 19.7 Å². The molecular formula is C16H16Cl2N2O4. The summed E-state index contributed by atoms with van der Waals surface area (Å²) in [6.45, 7) is -0.118. The fourth-order valence-electron chi connectivity index (χ4n) is 1.93. The number of aliphatic hydroxyl groups excluding tert-OH is 2. The van der Waals surface area contributed by atoms with E-state index in [9.17, 15) is 15.0 Å². The second-order valence-electron chi connectivity index (χ2n) is 4.99. The van der Waals surface area contributed by atoms with E-state index >= 15 is 0 Å². The molecule has 0 fully saturated rings. The molecule has 8 heteroatoms. The Bertz CT molecular complexity index is 685. The van der Waals surface area contributed by atoms with Crippen molar-refractivity contribution >= 4 is 29.3 Å². The number of amides is 1. The largest absolute Gasteiger partial charge is 0.445 e. The highest BCUT2D eigenvalue weighted by Crippen LogP contribution is 2.26. The van der Waals surface area contributed by atoms with Gasteiger partial charge in [-0.15, -0.1) is 0 Å². The Hall–Kier alpha value is -1.86. The molecule has 0 radical (unpaired) electrons. The minimum atomic E-state index is -1.35. The molecule has 2 unspecified atom stereocenters. The number of halogens is 2. The summed E-state index contributed by atoms with van der Waals surface area (Å²) in [6.07, 6.45) is -2.03. The van der Waals surface area contributed by atoms with E-state index < -0.39 is 18.3 Å². The molecule has 0 spiro atoms. The van der Waals surface area contributed by atoms with Gasteiger partial charge >= 0.3 is 6.09 Å². The number of aliphatic hydroxyl groups is 2. The third-order valence-electron chi connectivity index (χ3n) is 3.18. The maximum absolute atomic E-state index is 11.6. The van der Waals surface area contributed by atoms with E-state index in [0.717, 1.165) is 5.56 Å². The molecule has 6 nitrogen and oxygen atoms in total. The van der Waals surface area contributed by atoms with E-state index in [1.54, 1.807) is 0 Å². The first-order valence-electron chi connectivity index (χ1n) is 7.09. The van der Waals surface area contributed by atoms with Gasteiger partial charge in [0.25, 0.3) is 0 Å². The highest BCUT2D eigenvalue weighted by atomic mass is 35.5. The van der Waals surface area contributed by atoms with Crippen molar-refractivity contribution in [1.29, 1.82) is 0 Å². The molecule has 0 saturated carbocycles. The number of nitrogens with one attached hydrogen (secondary N) is 1. The van der Waals surface area contributed by atoms with E-state index in [-0.39, 0.29) is 28.9 Å². The van der Waals surface area contributed by atoms with Crippen LogP contribution in [0, 0.1) is 0 Å². The number of carbonyl (C=O) groups is 1. The standard InChI is InChI=1S/C16H16Cl2N2O4/c17-11-6-12(15(18)19-7-11)14(22)13(21)8-20-16(23)24-9-10-4-2-1-3-5-10/h1-7,13-14,21-22H,8-9H2,(H,20,23). The van der Waals surface area contributed by atoms with Gasteiger partial charge in [0.2, 0.25) is 0 Å². The third kappa shape index (κ3) is 5.35. The van der Waals surface area contributed by atoms with Gasteiger partial charge < -0.3 is 20.3 Å². The molecule has 0 aliphatic carbocycles. The number of alkyl carbamates (subject to hydrolysis) is 1. The van der Waals surface area contributed by atoms with Gasteiger partial charge in [-0.3, -0.25) is 0 Å². The number of ether oxygens (including phenoxy) is 1. The Morgan fingerprint density at radius 3 is 2.67 bits per heavy atom. The molecule has 1 heterocycles. The summed E-state index contributed by atoms with van der Waals surface area (Å²) >= 11 is 11.7. The number of carbonyl (C=O) groups excluding carboxylic acids is 1. The summed E-state index contributed by atoms with van der Waals surface area (Å²) in [5.74, 6) is 0. The number of nitrogens with zero attached hydrogens (tertiary/aromatic N) is 1. The van der Waals surface area contributed by atoms with Crippen LogP contribution >= 0.6 is 23.2 Å². The average Bonchev–Trinajstić information content (AvgIpc) is 2.60. The number of benzene rings is 1. The normalized spacial score (nSPS) is 13.2. The van der Waals surface area contributed by atoms with Gasteiger partial charge in [0, 0.05) is 18.3 Å². The average molecular weight is 371 g/mol. The number of hydrogen-bond acceptors (Lipinski definition) is 5. The Labute approximate surface area is 149 Å². The van der Waals surface area contributed by atoms with Crippen molar-refractivity contribution in [3.8, 4) is 0 Å². The van der Waals surface area contributed by atoms with Crippen molar-refractivity contribution in [2.24, 2.45) is 0 Å². The van der Waals surface area contributed by atoms with E-state index in [2.05, 4.69) is 10.3 Å². The molecule has 1 aromatic heterocycles. The maximum Gasteiger partial charge on any atom is 0.407 e. The fraction of sp³-hybridized carbons (Fsp3) is 0.250. The Morgan fingerprint density at radius 1 is 1.25 bits per heavy atom. The van der Waals surface area contributed by atoms with Crippen molar-refractivity contribution in [3.05, 3.63) is 63.9 Å². The van der Waals surface area contributed by atoms with Gasteiger partial charge in [-0.1, -0.05) is 53.5 Å². The van der Waals surface area contributed by atoms with E-state index in [1.807, 2.05) is 30.3 Å². The lowest BCUT2D eigenvalue weighted by molar-refractivity contribution is 0.0183. The molecule has 24 heavy (non-hydrogen) atoms. The molecule has 0 aliphatic heterocycles. The predicted molar refractivity (Wildman–Crippen MR) is 89.9 cm³/mol. The smallest absolute Gasteiger partial charge is 0.407 e. The van der Waals surface area contributed by atoms with Crippen LogP contribution in [0.4, 0.5) is 4.79 Å². The van der Waals surface area contributed by atoms with Crippen LogP contribution in [0.2, 0.25) is 10.2 Å². The zero-order valence-electron chi connectivity index (χ0n) is 12.5. The highest BCUT2D eigenvalue weighted by molar-refractivity contribution is 6.32. The van der Waals surface area contributed by atoms with Crippen LogP contribution in [-0.2, 0) is 11.3 Å². The molecule has 1 aromatic carbocycles. The van der Waals surface area contributed by atoms with Gasteiger partial charge in [0.05, 0.1) is 5.02 Å². The Balaban J connectivity index is 1.82. The number of aromatic nitrogens is 1. The van der Waals surface area contributed by atoms with Crippen LogP contribution in [0.3, 0.4) is 0 Å². The maximum atomic E-state index is 11.6. The minimum absolute atomic E-state index is 0.0256. The summed E-state index contributed by atoms with van der Waals surface area (Å²) in [4.78, 5) is 15.4. The minimum Gasteiger partial charge on any atom is -0.445 e. The van der Waals surface area contributed by atoms with E-state index in [1.165, 1.54) is 12.3 Å². The lowest BCUT2D eigenvalue weighted by Gasteiger charge is -2.19. The number of rotatable bonds is 6. The molecule has 128 valence electrons. The van der Waals surface area contributed by atoms with Gasteiger partial charge in [-0.2, -0.15) is 0 Å². The quantitative estimate of drug-likeness (QED) is 0.680. The summed E-state index contributed by atoms with van der Waals surface area (Å²) < 4.78 is 5.00. The molecule has 0 bridgehead atoms. The summed E-state index contributed by atoms with van der Waals surface area (Å²) in [6, 6.07) is 10.6. The first-order chi connectivity index (χ1) is 11.5. The Kier molecular flexibility index (Phi) is 6.81. The summed E-state index contributed by atoms with van der Waals surface area (Å²) in [7, 11) is 0. The molecule has 0 saturated heterocycles. The van der Waals surface area contributed by atoms with Gasteiger partial charge in [0.15, 0.2) is 0 Å². The summed E-state index contributed by atoms with van der Waals surface area (Å²) in [5.41, 5.74) is 1.01. The van der Waals surface area contributed by atoms with Crippen molar-refractivity contribution in [1.82, 2.24) is 10.3 Å². The van der Waals surface area contributed by atoms with Gasteiger partial charge in [-0.25, -0.2) is 9.78 Å². The van der Waals surface area contributed by atoms with Crippen molar-refractivity contribution in [2.75, 3.05) is 6.54 Å². The predicted octanol–water partition coefficient (Wildman–Crippen LogP) is 2.71. The first kappa shape index (κ1) is 18.5. The van der Waals surface area contributed by atoms with E-state index in [0.29, 0.717) is 0 Å². The highest BCUT2D eigenvalue weighted by Gasteiger charge is 2.22. The lowest BCUT2D eigenvalue weighted by atomic mass is 10.1. The molecular weight excluding hydrogens is 355 g/mol. The van der Waals surface area contributed by atoms with Gasteiger partial charge in [0.1, 0.15) is 24.0 Å². The number of pyridine rings is 1. The third-order valence-corrected chi connectivity index (χ3v) is 3.71. The lowest BCUT2D eigenvalue weighted by Crippen LogP contribution is -2.35. The monoisotopic (exact) mass is 370 g/mol. The molecule has 2 atom stereocenters. The van der Waals surface area contributed by atoms with Crippen LogP contribution in [0.25, 0.3) is 0 Å². The first-order valence-corrected chi connectivity index (χ1v) is 7.84. The number of hydrogen-bond donors (Lipinski definition) is 3. The van der Waals surface area contributed by atoms with Crippen LogP contribution in [0.15, 0.2) is 42.6 Å². The fourth-order valence-corrected chi connectivity index (χ4v) is 2.31. The SMILES string of the molecule is O=C(NCC(O)C(O)c1cc(Cl)cnc1Cl)OCc1ccccc1. The topological polar surface area (TPSA) is 91.7 Å². The second-order valence-corrected chi connectivity index (χ2v) is 5.78.